The molecular weight excluding hydrogens is 258 g/mol. The lowest BCUT2D eigenvalue weighted by Crippen LogP contribution is -2.38. The SMILES string of the molecule is CCOC(=O)/C=C\C(CC(C)C)NC(=O)OC(C)(C)C. The van der Waals surface area contributed by atoms with Crippen LogP contribution in [0.5, 0.6) is 0 Å². The third-order valence-corrected chi connectivity index (χ3v) is 2.18. The molecule has 0 bridgehead atoms. The zero-order valence-electron chi connectivity index (χ0n) is 13.4. The van der Waals surface area contributed by atoms with Crippen LogP contribution in [-0.4, -0.2) is 30.3 Å². The second kappa shape index (κ2) is 8.61. The molecule has 0 aliphatic heterocycles. The molecule has 5 heteroatoms. The minimum Gasteiger partial charge on any atom is -0.463 e. The summed E-state index contributed by atoms with van der Waals surface area (Å²) in [6, 6.07) is -0.255. The first-order chi connectivity index (χ1) is 9.14. The fourth-order valence-electron chi connectivity index (χ4n) is 1.54. The van der Waals surface area contributed by atoms with E-state index in [2.05, 4.69) is 5.32 Å². The van der Waals surface area contributed by atoms with Crippen molar-refractivity contribution in [2.24, 2.45) is 5.92 Å². The molecule has 0 aromatic rings. The van der Waals surface area contributed by atoms with Gasteiger partial charge in [-0.2, -0.15) is 0 Å². The molecule has 0 aliphatic rings. The first-order valence-corrected chi connectivity index (χ1v) is 6.98. The summed E-state index contributed by atoms with van der Waals surface area (Å²) in [5.74, 6) is -0.0333. The molecule has 116 valence electrons. The largest absolute Gasteiger partial charge is 0.463 e. The average Bonchev–Trinajstić information content (AvgIpc) is 2.22. The first kappa shape index (κ1) is 18.5. The van der Waals surface area contributed by atoms with Gasteiger partial charge in [0.25, 0.3) is 0 Å². The maximum atomic E-state index is 11.7. The van der Waals surface area contributed by atoms with E-state index in [1.54, 1.807) is 33.8 Å². The molecule has 0 radical (unpaired) electrons. The fraction of sp³-hybridized carbons (Fsp3) is 0.733. The van der Waals surface area contributed by atoms with Gasteiger partial charge in [0.2, 0.25) is 0 Å². The van der Waals surface area contributed by atoms with E-state index in [0.717, 1.165) is 6.42 Å². The summed E-state index contributed by atoms with van der Waals surface area (Å²) < 4.78 is 10.0. The van der Waals surface area contributed by atoms with Gasteiger partial charge in [-0.1, -0.05) is 19.9 Å². The molecule has 1 atom stereocenters. The molecule has 0 fully saturated rings. The number of hydrogen-bond acceptors (Lipinski definition) is 4. The Bertz CT molecular complexity index is 342. The highest BCUT2D eigenvalue weighted by molar-refractivity contribution is 5.82. The van der Waals surface area contributed by atoms with Crippen LogP contribution in [0.15, 0.2) is 12.2 Å². The fourth-order valence-corrected chi connectivity index (χ4v) is 1.54. The van der Waals surface area contributed by atoms with Crippen LogP contribution in [0, 0.1) is 5.92 Å². The topological polar surface area (TPSA) is 64.6 Å². The summed E-state index contributed by atoms with van der Waals surface area (Å²) in [7, 11) is 0. The van der Waals surface area contributed by atoms with Gasteiger partial charge in [-0.25, -0.2) is 9.59 Å². The molecule has 0 saturated carbocycles. The van der Waals surface area contributed by atoms with Crippen LogP contribution in [0.1, 0.15) is 48.0 Å². The van der Waals surface area contributed by atoms with Gasteiger partial charge >= 0.3 is 12.1 Å². The monoisotopic (exact) mass is 285 g/mol. The molecule has 1 unspecified atom stereocenters. The number of alkyl carbamates (subject to hydrolysis) is 1. The molecule has 1 N–H and O–H groups in total. The lowest BCUT2D eigenvalue weighted by molar-refractivity contribution is -0.137. The lowest BCUT2D eigenvalue weighted by atomic mass is 10.0. The third-order valence-electron chi connectivity index (χ3n) is 2.18. The van der Waals surface area contributed by atoms with Gasteiger partial charge in [-0.15, -0.1) is 0 Å². The zero-order valence-corrected chi connectivity index (χ0v) is 13.4. The summed E-state index contributed by atoms with van der Waals surface area (Å²) >= 11 is 0. The summed E-state index contributed by atoms with van der Waals surface area (Å²) in [6.45, 7) is 11.6. The normalized spacial score (nSPS) is 13.3. The molecule has 0 spiro atoms. The minimum atomic E-state index is -0.544. The molecule has 20 heavy (non-hydrogen) atoms. The van der Waals surface area contributed by atoms with E-state index >= 15 is 0 Å². The van der Waals surface area contributed by atoms with Gasteiger partial charge in [0.15, 0.2) is 0 Å². The van der Waals surface area contributed by atoms with Crippen molar-refractivity contribution < 1.29 is 19.1 Å². The number of carbonyl (C=O) groups excluding carboxylic acids is 2. The van der Waals surface area contributed by atoms with Crippen molar-refractivity contribution in [2.45, 2.75) is 59.6 Å². The molecule has 1 amide bonds. The number of amides is 1. The molecular formula is C15H27NO4. The van der Waals surface area contributed by atoms with Crippen LogP contribution < -0.4 is 5.32 Å². The van der Waals surface area contributed by atoms with E-state index in [1.165, 1.54) is 6.08 Å². The first-order valence-electron chi connectivity index (χ1n) is 6.98. The molecule has 0 saturated heterocycles. The Labute approximate surface area is 121 Å². The van der Waals surface area contributed by atoms with Crippen molar-refractivity contribution >= 4 is 12.1 Å². The van der Waals surface area contributed by atoms with Crippen LogP contribution in [0.3, 0.4) is 0 Å². The second-order valence-electron chi connectivity index (χ2n) is 5.99. The molecule has 0 aromatic heterocycles. The number of ether oxygens (including phenoxy) is 2. The Kier molecular flexibility index (Phi) is 7.96. The van der Waals surface area contributed by atoms with Crippen molar-refractivity contribution in [1.82, 2.24) is 5.32 Å². The van der Waals surface area contributed by atoms with Crippen LogP contribution in [0.4, 0.5) is 4.79 Å². The minimum absolute atomic E-state index is 0.255. The Morgan fingerprint density at radius 3 is 2.30 bits per heavy atom. The quantitative estimate of drug-likeness (QED) is 0.602. The number of carbonyl (C=O) groups is 2. The van der Waals surface area contributed by atoms with Crippen LogP contribution >= 0.6 is 0 Å². The van der Waals surface area contributed by atoms with Gasteiger partial charge in [-0.3, -0.25) is 0 Å². The molecule has 0 rings (SSSR count). The smallest absolute Gasteiger partial charge is 0.408 e. The zero-order chi connectivity index (χ0) is 15.8. The van der Waals surface area contributed by atoms with Crippen molar-refractivity contribution in [3.63, 3.8) is 0 Å². The Morgan fingerprint density at radius 1 is 1.25 bits per heavy atom. The standard InChI is InChI=1S/C15H27NO4/c1-7-19-13(17)9-8-12(10-11(2)3)16-14(18)20-15(4,5)6/h8-9,11-12H,7,10H2,1-6H3,(H,16,18)/b9-8-. The van der Waals surface area contributed by atoms with Gasteiger partial charge < -0.3 is 14.8 Å². The van der Waals surface area contributed by atoms with E-state index in [1.807, 2.05) is 13.8 Å². The predicted octanol–water partition coefficient (Wildman–Crippen LogP) is 3.05. The van der Waals surface area contributed by atoms with Gasteiger partial charge in [0.1, 0.15) is 5.60 Å². The van der Waals surface area contributed by atoms with E-state index in [0.29, 0.717) is 12.5 Å². The summed E-state index contributed by atoms with van der Waals surface area (Å²) in [4.78, 5) is 23.0. The van der Waals surface area contributed by atoms with Crippen molar-refractivity contribution in [3.05, 3.63) is 12.2 Å². The number of esters is 1. The van der Waals surface area contributed by atoms with E-state index in [9.17, 15) is 9.59 Å². The van der Waals surface area contributed by atoms with Crippen LogP contribution in [0.2, 0.25) is 0 Å². The van der Waals surface area contributed by atoms with Gasteiger partial charge in [0.05, 0.1) is 12.6 Å². The van der Waals surface area contributed by atoms with Crippen molar-refractivity contribution in [1.29, 1.82) is 0 Å². The average molecular weight is 285 g/mol. The highest BCUT2D eigenvalue weighted by atomic mass is 16.6. The van der Waals surface area contributed by atoms with Crippen molar-refractivity contribution in [3.8, 4) is 0 Å². The number of nitrogens with one attached hydrogen (secondary N) is 1. The van der Waals surface area contributed by atoms with Crippen LogP contribution in [0.25, 0.3) is 0 Å². The van der Waals surface area contributed by atoms with E-state index in [4.69, 9.17) is 9.47 Å². The molecule has 0 heterocycles. The highest BCUT2D eigenvalue weighted by Gasteiger charge is 2.19. The van der Waals surface area contributed by atoms with Gasteiger partial charge in [0, 0.05) is 6.08 Å². The number of hydrogen-bond donors (Lipinski definition) is 1. The third kappa shape index (κ3) is 10.4. The summed E-state index contributed by atoms with van der Waals surface area (Å²) in [5.41, 5.74) is -0.544. The highest BCUT2D eigenvalue weighted by Crippen LogP contribution is 2.10. The Hall–Kier alpha value is -1.52. The Balaban J connectivity index is 4.56. The Morgan fingerprint density at radius 2 is 1.85 bits per heavy atom. The van der Waals surface area contributed by atoms with Crippen molar-refractivity contribution in [2.75, 3.05) is 6.61 Å². The van der Waals surface area contributed by atoms with Crippen LogP contribution in [-0.2, 0) is 14.3 Å². The molecule has 5 nitrogen and oxygen atoms in total. The lowest BCUT2D eigenvalue weighted by Gasteiger charge is -2.23. The molecule has 0 aliphatic carbocycles. The van der Waals surface area contributed by atoms with E-state index < -0.39 is 17.7 Å². The maximum Gasteiger partial charge on any atom is 0.408 e. The number of rotatable bonds is 6. The summed E-state index contributed by atoms with van der Waals surface area (Å²) in [5, 5.41) is 2.75. The predicted molar refractivity (Wildman–Crippen MR) is 78.4 cm³/mol. The second-order valence-corrected chi connectivity index (χ2v) is 5.99. The summed E-state index contributed by atoms with van der Waals surface area (Å²) in [6.07, 6.45) is 3.21. The van der Waals surface area contributed by atoms with E-state index in [-0.39, 0.29) is 6.04 Å². The maximum absolute atomic E-state index is 11.7. The van der Waals surface area contributed by atoms with Gasteiger partial charge in [-0.05, 0) is 40.0 Å². The molecule has 0 aromatic carbocycles.